The summed E-state index contributed by atoms with van der Waals surface area (Å²) < 4.78 is 5.70. The number of rotatable bonds is 6. The number of aryl methyl sites for hydroxylation is 1. The first-order valence-electron chi connectivity index (χ1n) is 8.36. The van der Waals surface area contributed by atoms with E-state index in [0.29, 0.717) is 23.6 Å². The van der Waals surface area contributed by atoms with Crippen molar-refractivity contribution in [3.8, 4) is 5.75 Å². The van der Waals surface area contributed by atoms with Gasteiger partial charge < -0.3 is 10.1 Å². The Morgan fingerprint density at radius 3 is 2.41 bits per heavy atom. The predicted molar refractivity (Wildman–Crippen MR) is 103 cm³/mol. The van der Waals surface area contributed by atoms with Gasteiger partial charge in [-0.25, -0.2) is 0 Å². The Balaban J connectivity index is 1.65. The maximum atomic E-state index is 12.4. The molecule has 0 aliphatic rings. The maximum absolute atomic E-state index is 12.4. The van der Waals surface area contributed by atoms with Crippen molar-refractivity contribution < 1.29 is 14.5 Å². The van der Waals surface area contributed by atoms with Gasteiger partial charge in [-0.2, -0.15) is 0 Å². The summed E-state index contributed by atoms with van der Waals surface area (Å²) in [5, 5.41) is 13.6. The summed E-state index contributed by atoms with van der Waals surface area (Å²) in [6, 6.07) is 20.9. The molecule has 0 radical (unpaired) electrons. The fraction of sp³-hybridized carbons (Fsp3) is 0.0952. The van der Waals surface area contributed by atoms with Crippen molar-refractivity contribution in [3.05, 3.63) is 99.6 Å². The Hall–Kier alpha value is -3.67. The van der Waals surface area contributed by atoms with Crippen molar-refractivity contribution >= 4 is 17.3 Å². The molecular formula is C21H18N2O4. The number of nitro groups is 1. The molecule has 0 saturated heterocycles. The van der Waals surface area contributed by atoms with Gasteiger partial charge in [0.05, 0.1) is 10.6 Å². The van der Waals surface area contributed by atoms with Crippen molar-refractivity contribution in [1.82, 2.24) is 0 Å². The number of ether oxygens (including phenoxy) is 1. The molecule has 3 aromatic carbocycles. The first-order chi connectivity index (χ1) is 13.0. The zero-order valence-corrected chi connectivity index (χ0v) is 14.7. The van der Waals surface area contributed by atoms with Crippen LogP contribution in [0.3, 0.4) is 0 Å². The van der Waals surface area contributed by atoms with E-state index in [0.717, 1.165) is 11.1 Å². The maximum Gasteiger partial charge on any atom is 0.271 e. The molecule has 0 aromatic heterocycles. The number of carbonyl (C=O) groups is 1. The molecule has 6 heteroatoms. The van der Waals surface area contributed by atoms with Gasteiger partial charge in [-0.05, 0) is 42.3 Å². The number of carbonyl (C=O) groups excluding carboxylic acids is 1. The van der Waals surface area contributed by atoms with E-state index in [-0.39, 0.29) is 11.6 Å². The van der Waals surface area contributed by atoms with Gasteiger partial charge in [0.1, 0.15) is 12.4 Å². The molecular weight excluding hydrogens is 344 g/mol. The summed E-state index contributed by atoms with van der Waals surface area (Å²) in [6.07, 6.45) is 0. The molecule has 0 atom stereocenters. The molecule has 3 rings (SSSR count). The van der Waals surface area contributed by atoms with E-state index in [1.54, 1.807) is 37.3 Å². The molecule has 0 heterocycles. The standard InChI is InChI=1S/C21H18N2O4/c1-15-7-10-18(23(25)26)13-20(15)22-21(24)17-8-11-19(12-9-17)27-14-16-5-3-2-4-6-16/h2-13H,14H2,1H3,(H,22,24). The van der Waals surface area contributed by atoms with Gasteiger partial charge in [-0.3, -0.25) is 14.9 Å². The second kappa shape index (κ2) is 8.14. The van der Waals surface area contributed by atoms with Gasteiger partial charge >= 0.3 is 0 Å². The molecule has 0 bridgehead atoms. The second-order valence-corrected chi connectivity index (χ2v) is 6.01. The minimum atomic E-state index is -0.492. The Morgan fingerprint density at radius 2 is 1.74 bits per heavy atom. The third kappa shape index (κ3) is 4.70. The number of non-ortho nitro benzene ring substituents is 1. The Kier molecular flexibility index (Phi) is 5.47. The minimum absolute atomic E-state index is 0.0689. The molecule has 3 aromatic rings. The summed E-state index contributed by atoms with van der Waals surface area (Å²) in [5.41, 5.74) is 2.59. The Morgan fingerprint density at radius 1 is 1.04 bits per heavy atom. The van der Waals surface area contributed by atoms with E-state index in [2.05, 4.69) is 5.32 Å². The number of hydrogen-bond donors (Lipinski definition) is 1. The molecule has 136 valence electrons. The fourth-order valence-corrected chi connectivity index (χ4v) is 2.50. The average Bonchev–Trinajstić information content (AvgIpc) is 2.69. The lowest BCUT2D eigenvalue weighted by molar-refractivity contribution is -0.384. The van der Waals surface area contributed by atoms with E-state index in [4.69, 9.17) is 4.74 Å². The first-order valence-corrected chi connectivity index (χ1v) is 8.36. The normalized spacial score (nSPS) is 10.3. The third-order valence-electron chi connectivity index (χ3n) is 4.05. The number of benzene rings is 3. The summed E-state index contributed by atoms with van der Waals surface area (Å²) >= 11 is 0. The molecule has 0 unspecified atom stereocenters. The van der Waals surface area contributed by atoms with E-state index in [1.165, 1.54) is 12.1 Å². The molecule has 0 saturated carbocycles. The van der Waals surface area contributed by atoms with Crippen molar-refractivity contribution in [1.29, 1.82) is 0 Å². The van der Waals surface area contributed by atoms with Crippen LogP contribution in [0, 0.1) is 17.0 Å². The largest absolute Gasteiger partial charge is 0.489 e. The van der Waals surface area contributed by atoms with Crippen LogP contribution in [-0.2, 0) is 6.61 Å². The van der Waals surface area contributed by atoms with Crippen LogP contribution in [0.2, 0.25) is 0 Å². The highest BCUT2D eigenvalue weighted by Crippen LogP contribution is 2.23. The highest BCUT2D eigenvalue weighted by atomic mass is 16.6. The van der Waals surface area contributed by atoms with Crippen molar-refractivity contribution in [3.63, 3.8) is 0 Å². The van der Waals surface area contributed by atoms with Crippen LogP contribution in [0.5, 0.6) is 5.75 Å². The second-order valence-electron chi connectivity index (χ2n) is 6.01. The van der Waals surface area contributed by atoms with Crippen LogP contribution < -0.4 is 10.1 Å². The van der Waals surface area contributed by atoms with Crippen molar-refractivity contribution in [2.45, 2.75) is 13.5 Å². The Bertz CT molecular complexity index is 954. The first kappa shape index (κ1) is 18.1. The van der Waals surface area contributed by atoms with Crippen molar-refractivity contribution in [2.75, 3.05) is 5.32 Å². The number of nitrogens with one attached hydrogen (secondary N) is 1. The molecule has 0 aliphatic heterocycles. The van der Waals surface area contributed by atoms with Gasteiger partial charge in [0.2, 0.25) is 0 Å². The lowest BCUT2D eigenvalue weighted by atomic mass is 10.1. The fourth-order valence-electron chi connectivity index (χ4n) is 2.50. The predicted octanol–water partition coefficient (Wildman–Crippen LogP) is 4.73. The van der Waals surface area contributed by atoms with Crippen LogP contribution in [-0.4, -0.2) is 10.8 Å². The topological polar surface area (TPSA) is 81.5 Å². The SMILES string of the molecule is Cc1ccc([N+](=O)[O-])cc1NC(=O)c1ccc(OCc2ccccc2)cc1. The highest BCUT2D eigenvalue weighted by Gasteiger charge is 2.12. The molecule has 1 N–H and O–H groups in total. The number of nitro benzene ring substituents is 1. The monoisotopic (exact) mass is 362 g/mol. The summed E-state index contributed by atoms with van der Waals surface area (Å²) in [4.78, 5) is 22.8. The van der Waals surface area contributed by atoms with Crippen LogP contribution >= 0.6 is 0 Å². The number of amides is 1. The molecule has 6 nitrogen and oxygen atoms in total. The lowest BCUT2D eigenvalue weighted by Gasteiger charge is -2.10. The van der Waals surface area contributed by atoms with Gasteiger partial charge in [0.25, 0.3) is 11.6 Å². The molecule has 1 amide bonds. The van der Waals surface area contributed by atoms with Gasteiger partial charge in [0, 0.05) is 17.7 Å². The molecule has 0 aliphatic carbocycles. The molecule has 0 spiro atoms. The van der Waals surface area contributed by atoms with Gasteiger partial charge in [-0.15, -0.1) is 0 Å². The zero-order valence-electron chi connectivity index (χ0n) is 14.7. The summed E-state index contributed by atoms with van der Waals surface area (Å²) in [7, 11) is 0. The van der Waals surface area contributed by atoms with Crippen LogP contribution in [0.4, 0.5) is 11.4 Å². The van der Waals surface area contributed by atoms with E-state index in [9.17, 15) is 14.9 Å². The minimum Gasteiger partial charge on any atom is -0.489 e. The third-order valence-corrected chi connectivity index (χ3v) is 4.05. The van der Waals surface area contributed by atoms with Crippen LogP contribution in [0.1, 0.15) is 21.5 Å². The van der Waals surface area contributed by atoms with E-state index in [1.807, 2.05) is 30.3 Å². The number of nitrogens with zero attached hydrogens (tertiary/aromatic N) is 1. The molecule has 27 heavy (non-hydrogen) atoms. The molecule has 0 fully saturated rings. The quantitative estimate of drug-likeness (QED) is 0.507. The summed E-state index contributed by atoms with van der Waals surface area (Å²) in [6.45, 7) is 2.22. The smallest absolute Gasteiger partial charge is 0.271 e. The summed E-state index contributed by atoms with van der Waals surface area (Å²) in [5.74, 6) is 0.315. The highest BCUT2D eigenvalue weighted by molar-refractivity contribution is 6.04. The zero-order chi connectivity index (χ0) is 19.2. The Labute approximate surface area is 156 Å². The van der Waals surface area contributed by atoms with E-state index < -0.39 is 4.92 Å². The van der Waals surface area contributed by atoms with E-state index >= 15 is 0 Å². The van der Waals surface area contributed by atoms with Crippen LogP contribution in [0.25, 0.3) is 0 Å². The van der Waals surface area contributed by atoms with Crippen LogP contribution in [0.15, 0.2) is 72.8 Å². The van der Waals surface area contributed by atoms with Gasteiger partial charge in [0.15, 0.2) is 0 Å². The lowest BCUT2D eigenvalue weighted by Crippen LogP contribution is -2.13. The number of anilines is 1. The number of hydrogen-bond acceptors (Lipinski definition) is 4. The van der Waals surface area contributed by atoms with Gasteiger partial charge in [-0.1, -0.05) is 36.4 Å². The average molecular weight is 362 g/mol. The van der Waals surface area contributed by atoms with Crippen molar-refractivity contribution in [2.24, 2.45) is 0 Å².